The standard InChI is InChI=1S/C36H42BrN5O/c37-31-11-13-32(14-12-31)41-22-20-40(21-23-41)25-29-9-10-30-26-42(27-43-36(30)35-34(29)8-4-5-17-38-35)33-15-18-39(19-16-33)24-28-6-2-1-3-7-28/h1-3,5-14,17,29,33H,4,15-16,18-27H2. The second-order valence-electron chi connectivity index (χ2n) is 12.4. The zero-order valence-corrected chi connectivity index (χ0v) is 26.5. The molecule has 0 spiro atoms. The van der Waals surface area contributed by atoms with Crippen molar-refractivity contribution >= 4 is 27.3 Å². The van der Waals surface area contributed by atoms with Gasteiger partial charge in [-0.3, -0.25) is 19.7 Å². The first-order valence-corrected chi connectivity index (χ1v) is 16.7. The number of piperazine rings is 1. The second-order valence-corrected chi connectivity index (χ2v) is 13.3. The molecule has 4 aliphatic heterocycles. The van der Waals surface area contributed by atoms with Crippen molar-refractivity contribution in [1.29, 1.82) is 0 Å². The van der Waals surface area contributed by atoms with E-state index < -0.39 is 0 Å². The minimum atomic E-state index is 0.307. The fourth-order valence-corrected chi connectivity index (χ4v) is 7.39. The molecule has 2 aromatic carbocycles. The molecule has 1 aliphatic carbocycles. The Bertz CT molecular complexity index is 1410. The Balaban J connectivity index is 0.997. The number of aliphatic imine (C=N–C) groups is 1. The largest absolute Gasteiger partial charge is 0.476 e. The molecule has 1 unspecified atom stereocenters. The normalized spacial score (nSPS) is 24.0. The van der Waals surface area contributed by atoms with Crippen molar-refractivity contribution in [1.82, 2.24) is 14.7 Å². The fourth-order valence-electron chi connectivity index (χ4n) is 7.13. The van der Waals surface area contributed by atoms with Crippen LogP contribution in [-0.4, -0.2) is 85.5 Å². The Hall–Kier alpha value is -2.97. The summed E-state index contributed by atoms with van der Waals surface area (Å²) in [5, 5.41) is 0. The van der Waals surface area contributed by atoms with Crippen LogP contribution >= 0.6 is 15.9 Å². The summed E-state index contributed by atoms with van der Waals surface area (Å²) >= 11 is 3.56. The van der Waals surface area contributed by atoms with Crippen molar-refractivity contribution < 1.29 is 4.74 Å². The monoisotopic (exact) mass is 639 g/mol. The van der Waals surface area contributed by atoms with Crippen LogP contribution in [0.15, 0.2) is 111 Å². The van der Waals surface area contributed by atoms with E-state index in [1.807, 2.05) is 6.20 Å². The number of rotatable bonds is 6. The van der Waals surface area contributed by atoms with Gasteiger partial charge in [0.25, 0.3) is 0 Å². The molecule has 2 saturated heterocycles. The number of piperidine rings is 1. The summed E-state index contributed by atoms with van der Waals surface area (Å²) in [6, 6.07) is 20.1. The minimum Gasteiger partial charge on any atom is -0.476 e. The second kappa shape index (κ2) is 13.3. The maximum absolute atomic E-state index is 6.60. The number of hydrogen-bond donors (Lipinski definition) is 0. The Labute approximate surface area is 264 Å². The molecule has 0 aromatic heterocycles. The Kier molecular flexibility index (Phi) is 8.93. The first-order chi connectivity index (χ1) is 21.2. The Morgan fingerprint density at radius 2 is 1.67 bits per heavy atom. The van der Waals surface area contributed by atoms with E-state index in [1.54, 1.807) is 0 Å². The van der Waals surface area contributed by atoms with Crippen molar-refractivity contribution in [3.8, 4) is 0 Å². The van der Waals surface area contributed by atoms with Gasteiger partial charge in [0.2, 0.25) is 0 Å². The predicted octanol–water partition coefficient (Wildman–Crippen LogP) is 6.25. The fraction of sp³-hybridized carbons (Fsp3) is 0.417. The van der Waals surface area contributed by atoms with E-state index in [4.69, 9.17) is 9.73 Å². The third-order valence-corrected chi connectivity index (χ3v) is 10.1. The molecule has 0 bridgehead atoms. The van der Waals surface area contributed by atoms with Crippen LogP contribution in [0.2, 0.25) is 0 Å². The van der Waals surface area contributed by atoms with Crippen molar-refractivity contribution in [2.75, 3.05) is 64.0 Å². The van der Waals surface area contributed by atoms with Crippen LogP contribution in [0.3, 0.4) is 0 Å². The van der Waals surface area contributed by atoms with E-state index in [0.29, 0.717) is 18.7 Å². The van der Waals surface area contributed by atoms with Gasteiger partial charge < -0.3 is 9.64 Å². The molecule has 0 N–H and O–H groups in total. The third kappa shape index (κ3) is 6.75. The molecular weight excluding hydrogens is 598 g/mol. The van der Waals surface area contributed by atoms with Crippen LogP contribution < -0.4 is 4.90 Å². The Morgan fingerprint density at radius 3 is 2.47 bits per heavy atom. The highest BCUT2D eigenvalue weighted by molar-refractivity contribution is 9.10. The third-order valence-electron chi connectivity index (χ3n) is 9.58. The quantitative estimate of drug-likeness (QED) is 0.373. The number of ether oxygens (including phenoxy) is 1. The summed E-state index contributed by atoms with van der Waals surface area (Å²) in [6.45, 7) is 10.2. The molecule has 224 valence electrons. The molecule has 5 aliphatic rings. The lowest BCUT2D eigenvalue weighted by atomic mass is 9.92. The molecule has 6 nitrogen and oxygen atoms in total. The van der Waals surface area contributed by atoms with Gasteiger partial charge in [-0.15, -0.1) is 0 Å². The molecule has 2 fully saturated rings. The van der Waals surface area contributed by atoms with Crippen molar-refractivity contribution in [2.24, 2.45) is 10.9 Å². The smallest absolute Gasteiger partial charge is 0.151 e. The van der Waals surface area contributed by atoms with Gasteiger partial charge in [-0.05, 0) is 67.8 Å². The number of hydrogen-bond acceptors (Lipinski definition) is 6. The van der Waals surface area contributed by atoms with Crippen molar-refractivity contribution in [3.05, 3.63) is 112 Å². The zero-order valence-electron chi connectivity index (χ0n) is 25.0. The van der Waals surface area contributed by atoms with E-state index >= 15 is 0 Å². The van der Waals surface area contributed by atoms with E-state index in [9.17, 15) is 0 Å². The summed E-state index contributed by atoms with van der Waals surface area (Å²) in [5.41, 5.74) is 6.36. The van der Waals surface area contributed by atoms with E-state index in [-0.39, 0.29) is 0 Å². The maximum atomic E-state index is 6.60. The molecule has 43 heavy (non-hydrogen) atoms. The summed E-state index contributed by atoms with van der Waals surface area (Å²) in [5.74, 6) is 1.30. The number of anilines is 1. The van der Waals surface area contributed by atoms with Gasteiger partial charge >= 0.3 is 0 Å². The highest BCUT2D eigenvalue weighted by atomic mass is 79.9. The maximum Gasteiger partial charge on any atom is 0.151 e. The molecule has 1 atom stereocenters. The molecule has 0 saturated carbocycles. The van der Waals surface area contributed by atoms with Gasteiger partial charge in [-0.25, -0.2) is 0 Å². The van der Waals surface area contributed by atoms with Gasteiger partial charge in [0.05, 0.1) is 0 Å². The minimum absolute atomic E-state index is 0.307. The molecule has 2 aromatic rings. The lowest BCUT2D eigenvalue weighted by Crippen LogP contribution is -2.48. The highest BCUT2D eigenvalue weighted by Gasteiger charge is 2.34. The SMILES string of the molecule is Brc1ccc(N2CCN(CC3C=CC4=C(OCN(C5CCN(Cc6ccccc6)CC5)C4)C4=NC=CCC=C43)CC2)cc1. The molecule has 4 heterocycles. The summed E-state index contributed by atoms with van der Waals surface area (Å²) in [7, 11) is 0. The van der Waals surface area contributed by atoms with Gasteiger partial charge in [0.15, 0.2) is 5.76 Å². The molecule has 7 rings (SSSR count). The first-order valence-electron chi connectivity index (χ1n) is 15.9. The van der Waals surface area contributed by atoms with Crippen LogP contribution in [0.1, 0.15) is 24.8 Å². The first kappa shape index (κ1) is 28.8. The number of likely N-dealkylation sites (tertiary alicyclic amines) is 1. The molecule has 7 heteroatoms. The topological polar surface area (TPSA) is 34.6 Å². The Morgan fingerprint density at radius 1 is 0.884 bits per heavy atom. The molecule has 0 amide bonds. The van der Waals surface area contributed by atoms with Gasteiger partial charge in [0, 0.05) is 79.7 Å². The summed E-state index contributed by atoms with van der Waals surface area (Å²) in [6.07, 6.45) is 14.6. The average Bonchev–Trinajstić information content (AvgIpc) is 3.37. The van der Waals surface area contributed by atoms with E-state index in [0.717, 1.165) is 81.3 Å². The predicted molar refractivity (Wildman–Crippen MR) is 179 cm³/mol. The summed E-state index contributed by atoms with van der Waals surface area (Å²) < 4.78 is 7.73. The van der Waals surface area contributed by atoms with Gasteiger partial charge in [-0.2, -0.15) is 0 Å². The number of benzene rings is 2. The van der Waals surface area contributed by atoms with Crippen molar-refractivity contribution in [2.45, 2.75) is 31.8 Å². The lowest BCUT2D eigenvalue weighted by molar-refractivity contribution is 0.0127. The van der Waals surface area contributed by atoms with E-state index in [1.165, 1.54) is 35.2 Å². The van der Waals surface area contributed by atoms with Crippen LogP contribution in [0.25, 0.3) is 0 Å². The van der Waals surface area contributed by atoms with Crippen molar-refractivity contribution in [3.63, 3.8) is 0 Å². The average molecular weight is 641 g/mol. The lowest BCUT2D eigenvalue weighted by Gasteiger charge is -2.40. The summed E-state index contributed by atoms with van der Waals surface area (Å²) in [4.78, 5) is 15.3. The number of halogens is 1. The molecule has 0 radical (unpaired) electrons. The number of nitrogens with zero attached hydrogens (tertiary/aromatic N) is 5. The number of fused-ring (bicyclic) bond motifs is 2. The zero-order chi connectivity index (χ0) is 29.0. The highest BCUT2D eigenvalue weighted by Crippen LogP contribution is 2.33. The van der Waals surface area contributed by atoms with Crippen LogP contribution in [0, 0.1) is 5.92 Å². The van der Waals surface area contributed by atoms with Crippen LogP contribution in [0.4, 0.5) is 5.69 Å². The number of allylic oxidation sites excluding steroid dienone is 3. The van der Waals surface area contributed by atoms with Crippen LogP contribution in [0.5, 0.6) is 0 Å². The van der Waals surface area contributed by atoms with Crippen LogP contribution in [-0.2, 0) is 11.3 Å². The molecular formula is C36H42BrN5O. The van der Waals surface area contributed by atoms with Gasteiger partial charge in [-0.1, -0.05) is 70.6 Å². The van der Waals surface area contributed by atoms with E-state index in [2.05, 4.69) is 114 Å². The van der Waals surface area contributed by atoms with Gasteiger partial charge in [0.1, 0.15) is 12.4 Å².